The van der Waals surface area contributed by atoms with E-state index >= 15 is 0 Å². The SMILES string of the molecule is OC(CCN1CCCCCCC1)c1ccc(F)cn1. The lowest BCUT2D eigenvalue weighted by Gasteiger charge is -2.25. The van der Waals surface area contributed by atoms with Crippen molar-refractivity contribution in [3.63, 3.8) is 0 Å². The Morgan fingerprint density at radius 3 is 2.47 bits per heavy atom. The molecule has 0 bridgehead atoms. The summed E-state index contributed by atoms with van der Waals surface area (Å²) in [5.41, 5.74) is 0.563. The molecule has 1 aliphatic rings. The largest absolute Gasteiger partial charge is 0.387 e. The van der Waals surface area contributed by atoms with Crippen LogP contribution in [0.15, 0.2) is 18.3 Å². The first kappa shape index (κ1) is 14.4. The van der Waals surface area contributed by atoms with Gasteiger partial charge in [-0.1, -0.05) is 19.3 Å². The van der Waals surface area contributed by atoms with E-state index in [9.17, 15) is 9.50 Å². The fourth-order valence-corrected chi connectivity index (χ4v) is 2.57. The first-order chi connectivity index (χ1) is 9.25. The molecular formula is C15H23FN2O. The van der Waals surface area contributed by atoms with E-state index in [1.807, 2.05) is 0 Å². The Kier molecular flexibility index (Phi) is 5.73. The molecule has 0 spiro atoms. The molecule has 1 atom stereocenters. The lowest BCUT2D eigenvalue weighted by molar-refractivity contribution is 0.134. The van der Waals surface area contributed by atoms with Gasteiger partial charge in [0.1, 0.15) is 5.82 Å². The zero-order valence-electron chi connectivity index (χ0n) is 11.4. The van der Waals surface area contributed by atoms with Crippen LogP contribution in [0.25, 0.3) is 0 Å². The highest BCUT2D eigenvalue weighted by atomic mass is 19.1. The molecule has 1 aromatic heterocycles. The fourth-order valence-electron chi connectivity index (χ4n) is 2.57. The van der Waals surface area contributed by atoms with Crippen LogP contribution >= 0.6 is 0 Å². The first-order valence-electron chi connectivity index (χ1n) is 7.27. The molecule has 3 nitrogen and oxygen atoms in total. The van der Waals surface area contributed by atoms with Gasteiger partial charge in [0.15, 0.2) is 0 Å². The van der Waals surface area contributed by atoms with Crippen LogP contribution < -0.4 is 0 Å². The third-order valence-corrected chi connectivity index (χ3v) is 3.76. The van der Waals surface area contributed by atoms with Crippen LogP contribution in [0.4, 0.5) is 4.39 Å². The minimum Gasteiger partial charge on any atom is -0.387 e. The highest BCUT2D eigenvalue weighted by molar-refractivity contribution is 5.07. The van der Waals surface area contributed by atoms with Crippen molar-refractivity contribution in [2.75, 3.05) is 19.6 Å². The summed E-state index contributed by atoms with van der Waals surface area (Å²) in [6, 6.07) is 2.91. The molecule has 1 N–H and O–H groups in total. The van der Waals surface area contributed by atoms with Gasteiger partial charge >= 0.3 is 0 Å². The van der Waals surface area contributed by atoms with E-state index in [1.165, 1.54) is 38.2 Å². The van der Waals surface area contributed by atoms with E-state index < -0.39 is 6.10 Å². The molecule has 2 heterocycles. The quantitative estimate of drug-likeness (QED) is 0.910. The van der Waals surface area contributed by atoms with E-state index in [2.05, 4.69) is 9.88 Å². The topological polar surface area (TPSA) is 36.4 Å². The number of aliphatic hydroxyl groups excluding tert-OH is 1. The molecule has 0 radical (unpaired) electrons. The van der Waals surface area contributed by atoms with Gasteiger partial charge in [0.25, 0.3) is 0 Å². The Bertz CT molecular complexity index is 361. The molecule has 1 fully saturated rings. The average molecular weight is 266 g/mol. The van der Waals surface area contributed by atoms with E-state index in [0.717, 1.165) is 25.8 Å². The number of nitrogens with zero attached hydrogens (tertiary/aromatic N) is 2. The van der Waals surface area contributed by atoms with Crippen LogP contribution in [0.3, 0.4) is 0 Å². The van der Waals surface area contributed by atoms with Crippen LogP contribution in [0.1, 0.15) is 50.3 Å². The predicted octanol–water partition coefficient (Wildman–Crippen LogP) is 2.91. The van der Waals surface area contributed by atoms with E-state index in [1.54, 1.807) is 6.07 Å². The van der Waals surface area contributed by atoms with Gasteiger partial charge in [-0.05, 0) is 44.5 Å². The number of likely N-dealkylation sites (tertiary alicyclic amines) is 1. The van der Waals surface area contributed by atoms with Crippen molar-refractivity contribution in [3.8, 4) is 0 Å². The first-order valence-corrected chi connectivity index (χ1v) is 7.27. The molecule has 19 heavy (non-hydrogen) atoms. The lowest BCUT2D eigenvalue weighted by atomic mass is 10.1. The summed E-state index contributed by atoms with van der Waals surface area (Å²) in [5, 5.41) is 10.1. The Morgan fingerprint density at radius 1 is 1.16 bits per heavy atom. The summed E-state index contributed by atoms with van der Waals surface area (Å²) in [6.07, 6.45) is 7.74. The number of halogens is 1. The van der Waals surface area contributed by atoms with Crippen molar-refractivity contribution in [2.45, 2.75) is 44.6 Å². The van der Waals surface area contributed by atoms with Crippen molar-refractivity contribution < 1.29 is 9.50 Å². The maximum Gasteiger partial charge on any atom is 0.141 e. The Hall–Kier alpha value is -1.00. The standard InChI is InChI=1S/C15H23FN2O/c16-13-6-7-14(17-12-13)15(19)8-11-18-9-4-2-1-3-5-10-18/h6-7,12,15,19H,1-5,8-11H2. The van der Waals surface area contributed by atoms with Gasteiger partial charge in [-0.15, -0.1) is 0 Å². The molecular weight excluding hydrogens is 243 g/mol. The maximum atomic E-state index is 12.8. The summed E-state index contributed by atoms with van der Waals surface area (Å²) in [7, 11) is 0. The van der Waals surface area contributed by atoms with Gasteiger partial charge in [0.05, 0.1) is 18.0 Å². The summed E-state index contributed by atoms with van der Waals surface area (Å²) >= 11 is 0. The summed E-state index contributed by atoms with van der Waals surface area (Å²) in [4.78, 5) is 6.35. The van der Waals surface area contributed by atoms with Crippen molar-refractivity contribution in [1.82, 2.24) is 9.88 Å². The number of aromatic nitrogens is 1. The van der Waals surface area contributed by atoms with Gasteiger partial charge in [-0.25, -0.2) is 4.39 Å². The summed E-state index contributed by atoms with van der Waals surface area (Å²) in [6.45, 7) is 3.15. The molecule has 1 unspecified atom stereocenters. The molecule has 0 saturated carbocycles. The van der Waals surface area contributed by atoms with Gasteiger partial charge in [-0.2, -0.15) is 0 Å². The minimum absolute atomic E-state index is 0.361. The molecule has 1 aliphatic heterocycles. The zero-order chi connectivity index (χ0) is 13.5. The molecule has 0 aromatic carbocycles. The second-order valence-corrected chi connectivity index (χ2v) is 5.32. The molecule has 1 saturated heterocycles. The number of hydrogen-bond acceptors (Lipinski definition) is 3. The van der Waals surface area contributed by atoms with Gasteiger partial charge in [0, 0.05) is 6.54 Å². The number of pyridine rings is 1. The van der Waals surface area contributed by atoms with E-state index in [-0.39, 0.29) is 5.82 Å². The van der Waals surface area contributed by atoms with Crippen LogP contribution in [0.5, 0.6) is 0 Å². The maximum absolute atomic E-state index is 12.8. The lowest BCUT2D eigenvalue weighted by Crippen LogP contribution is -2.29. The predicted molar refractivity (Wildman–Crippen MR) is 73.3 cm³/mol. The average Bonchev–Trinajstić information content (AvgIpc) is 2.38. The molecule has 1 aromatic rings. The monoisotopic (exact) mass is 266 g/mol. The van der Waals surface area contributed by atoms with Crippen molar-refractivity contribution in [1.29, 1.82) is 0 Å². The highest BCUT2D eigenvalue weighted by Gasteiger charge is 2.13. The van der Waals surface area contributed by atoms with Gasteiger partial charge in [-0.3, -0.25) is 4.98 Å². The van der Waals surface area contributed by atoms with Crippen LogP contribution in [-0.2, 0) is 0 Å². The van der Waals surface area contributed by atoms with Crippen molar-refractivity contribution >= 4 is 0 Å². The highest BCUT2D eigenvalue weighted by Crippen LogP contribution is 2.16. The van der Waals surface area contributed by atoms with Gasteiger partial charge < -0.3 is 10.0 Å². The second-order valence-electron chi connectivity index (χ2n) is 5.32. The van der Waals surface area contributed by atoms with Crippen LogP contribution in [0, 0.1) is 5.82 Å². The minimum atomic E-state index is -0.592. The molecule has 0 amide bonds. The third kappa shape index (κ3) is 4.88. The van der Waals surface area contributed by atoms with E-state index in [0.29, 0.717) is 12.1 Å². The van der Waals surface area contributed by atoms with Crippen LogP contribution in [0.2, 0.25) is 0 Å². The smallest absolute Gasteiger partial charge is 0.141 e. The van der Waals surface area contributed by atoms with E-state index in [4.69, 9.17) is 0 Å². The Labute approximate surface area is 114 Å². The fraction of sp³-hybridized carbons (Fsp3) is 0.667. The second kappa shape index (κ2) is 7.56. The molecule has 4 heteroatoms. The Morgan fingerprint density at radius 2 is 1.84 bits per heavy atom. The zero-order valence-corrected chi connectivity index (χ0v) is 11.4. The molecule has 0 aliphatic carbocycles. The number of rotatable bonds is 4. The molecule has 2 rings (SSSR count). The van der Waals surface area contributed by atoms with Crippen LogP contribution in [-0.4, -0.2) is 34.6 Å². The number of hydrogen-bond donors (Lipinski definition) is 1. The Balaban J connectivity index is 1.78. The summed E-state index contributed by atoms with van der Waals surface area (Å²) < 4.78 is 12.8. The normalized spacial score (nSPS) is 19.7. The van der Waals surface area contributed by atoms with Gasteiger partial charge in [0.2, 0.25) is 0 Å². The molecule has 106 valence electrons. The summed E-state index contributed by atoms with van der Waals surface area (Å²) in [5.74, 6) is -0.361. The van der Waals surface area contributed by atoms with Crippen molar-refractivity contribution in [3.05, 3.63) is 29.8 Å². The number of aliphatic hydroxyl groups is 1. The third-order valence-electron chi connectivity index (χ3n) is 3.76. The van der Waals surface area contributed by atoms with Crippen molar-refractivity contribution in [2.24, 2.45) is 0 Å².